The van der Waals surface area contributed by atoms with Gasteiger partial charge in [0.1, 0.15) is 0 Å². The van der Waals surface area contributed by atoms with Crippen LogP contribution in [0.1, 0.15) is 26.2 Å². The van der Waals surface area contributed by atoms with Crippen molar-refractivity contribution in [2.45, 2.75) is 31.1 Å². The van der Waals surface area contributed by atoms with Gasteiger partial charge in [-0.3, -0.25) is 9.20 Å². The third kappa shape index (κ3) is 9.08. The Hall–Kier alpha value is -0.630. The highest BCUT2D eigenvalue weighted by atomic mass is 127. The molecule has 2 N–H and O–H groups in total. The molecule has 0 aliphatic rings. The molecule has 0 heterocycles. The number of hydrogen-bond donors (Lipinski definition) is 2. The maximum absolute atomic E-state index is 12.0. The summed E-state index contributed by atoms with van der Waals surface area (Å²) in [6, 6.07) is 9.55. The summed E-state index contributed by atoms with van der Waals surface area (Å²) < 4.78 is 12.0. The Kier molecular flexibility index (Phi) is 12.7. The van der Waals surface area contributed by atoms with E-state index in [0.29, 0.717) is 12.3 Å². The SMILES string of the molecule is CCCCCNC(=NC)NCCS(=O)c1ccccc1.I. The molecule has 0 radical (unpaired) electrons. The molecule has 1 rings (SSSR count). The smallest absolute Gasteiger partial charge is 0.191 e. The summed E-state index contributed by atoms with van der Waals surface area (Å²) in [5.74, 6) is 1.37. The van der Waals surface area contributed by atoms with Gasteiger partial charge in [-0.2, -0.15) is 0 Å². The molecule has 1 atom stereocenters. The molecule has 0 spiro atoms. The number of aliphatic imine (C=N–C) groups is 1. The lowest BCUT2D eigenvalue weighted by molar-refractivity contribution is 0.677. The maximum atomic E-state index is 12.0. The Bertz CT molecular complexity index is 426. The van der Waals surface area contributed by atoms with Crippen LogP contribution in [0.25, 0.3) is 0 Å². The van der Waals surface area contributed by atoms with Crippen LogP contribution in [0, 0.1) is 0 Å². The summed E-state index contributed by atoms with van der Waals surface area (Å²) in [6.07, 6.45) is 3.58. The predicted octanol–water partition coefficient (Wildman–Crippen LogP) is 2.77. The lowest BCUT2D eigenvalue weighted by Crippen LogP contribution is -2.39. The molecule has 6 heteroatoms. The van der Waals surface area contributed by atoms with E-state index in [-0.39, 0.29) is 24.0 Å². The minimum absolute atomic E-state index is 0. The van der Waals surface area contributed by atoms with Crippen molar-refractivity contribution in [1.82, 2.24) is 10.6 Å². The first-order valence-corrected chi connectivity index (χ1v) is 8.47. The maximum Gasteiger partial charge on any atom is 0.191 e. The van der Waals surface area contributed by atoms with E-state index in [9.17, 15) is 4.21 Å². The molecule has 0 fully saturated rings. The van der Waals surface area contributed by atoms with Gasteiger partial charge in [0.25, 0.3) is 0 Å². The van der Waals surface area contributed by atoms with Crippen LogP contribution in [0.5, 0.6) is 0 Å². The minimum atomic E-state index is -0.956. The molecule has 21 heavy (non-hydrogen) atoms. The quantitative estimate of drug-likeness (QED) is 0.293. The highest BCUT2D eigenvalue weighted by Crippen LogP contribution is 2.04. The van der Waals surface area contributed by atoms with Gasteiger partial charge in [0, 0.05) is 30.8 Å². The molecule has 1 aromatic carbocycles. The van der Waals surface area contributed by atoms with Crippen LogP contribution in [-0.2, 0) is 10.8 Å². The molecule has 0 aliphatic carbocycles. The van der Waals surface area contributed by atoms with E-state index in [1.807, 2.05) is 30.3 Å². The molecule has 0 bridgehead atoms. The van der Waals surface area contributed by atoms with Gasteiger partial charge >= 0.3 is 0 Å². The second-order valence-corrected chi connectivity index (χ2v) is 6.07. The number of nitrogens with zero attached hydrogens (tertiary/aromatic N) is 1. The Morgan fingerprint density at radius 3 is 2.43 bits per heavy atom. The molecular weight excluding hydrogens is 397 g/mol. The summed E-state index contributed by atoms with van der Waals surface area (Å²) >= 11 is 0. The lowest BCUT2D eigenvalue weighted by Gasteiger charge is -2.11. The summed E-state index contributed by atoms with van der Waals surface area (Å²) in [7, 11) is 0.797. The van der Waals surface area contributed by atoms with Gasteiger partial charge in [-0.15, -0.1) is 24.0 Å². The molecule has 1 aromatic rings. The van der Waals surface area contributed by atoms with Crippen molar-refractivity contribution in [3.8, 4) is 0 Å². The van der Waals surface area contributed by atoms with Crippen LogP contribution < -0.4 is 10.6 Å². The van der Waals surface area contributed by atoms with E-state index in [2.05, 4.69) is 22.5 Å². The van der Waals surface area contributed by atoms with Crippen LogP contribution in [0.15, 0.2) is 40.2 Å². The summed E-state index contributed by atoms with van der Waals surface area (Å²) in [6.45, 7) is 3.76. The van der Waals surface area contributed by atoms with Crippen molar-refractivity contribution in [3.05, 3.63) is 30.3 Å². The molecular formula is C15H26IN3OS. The van der Waals surface area contributed by atoms with Gasteiger partial charge in [0.05, 0.1) is 10.8 Å². The fourth-order valence-corrected chi connectivity index (χ4v) is 2.74. The van der Waals surface area contributed by atoms with Crippen molar-refractivity contribution in [2.24, 2.45) is 4.99 Å². The van der Waals surface area contributed by atoms with Crippen LogP contribution in [-0.4, -0.2) is 36.1 Å². The third-order valence-electron chi connectivity index (χ3n) is 2.88. The lowest BCUT2D eigenvalue weighted by atomic mass is 10.2. The molecule has 0 aliphatic heterocycles. The molecule has 0 aromatic heterocycles. The first-order chi connectivity index (χ1) is 9.77. The molecule has 4 nitrogen and oxygen atoms in total. The molecule has 0 amide bonds. The normalized spacial score (nSPS) is 12.4. The number of benzene rings is 1. The fraction of sp³-hybridized carbons (Fsp3) is 0.533. The zero-order valence-electron chi connectivity index (χ0n) is 12.8. The van der Waals surface area contributed by atoms with E-state index in [1.165, 1.54) is 12.8 Å². The van der Waals surface area contributed by atoms with E-state index in [4.69, 9.17) is 0 Å². The monoisotopic (exact) mass is 423 g/mol. The molecule has 1 unspecified atom stereocenters. The number of guanidine groups is 1. The minimum Gasteiger partial charge on any atom is -0.356 e. The number of halogens is 1. The van der Waals surface area contributed by atoms with Crippen LogP contribution >= 0.6 is 24.0 Å². The zero-order valence-corrected chi connectivity index (χ0v) is 15.9. The Balaban J connectivity index is 0.00000400. The van der Waals surface area contributed by atoms with Crippen LogP contribution in [0.2, 0.25) is 0 Å². The van der Waals surface area contributed by atoms with Crippen molar-refractivity contribution >= 4 is 40.7 Å². The van der Waals surface area contributed by atoms with E-state index in [0.717, 1.165) is 23.8 Å². The van der Waals surface area contributed by atoms with Gasteiger partial charge in [-0.05, 0) is 18.6 Å². The average molecular weight is 423 g/mol. The van der Waals surface area contributed by atoms with Crippen molar-refractivity contribution in [2.75, 3.05) is 25.9 Å². The van der Waals surface area contributed by atoms with E-state index >= 15 is 0 Å². The van der Waals surface area contributed by atoms with Crippen LogP contribution in [0.3, 0.4) is 0 Å². The van der Waals surface area contributed by atoms with Crippen LogP contribution in [0.4, 0.5) is 0 Å². The molecule has 0 saturated heterocycles. The molecule has 120 valence electrons. The third-order valence-corrected chi connectivity index (χ3v) is 4.26. The summed E-state index contributed by atoms with van der Waals surface area (Å²) in [5.41, 5.74) is 0. The highest BCUT2D eigenvalue weighted by Gasteiger charge is 2.03. The Labute approximate surface area is 147 Å². The van der Waals surface area contributed by atoms with Gasteiger partial charge in [0.2, 0.25) is 0 Å². The van der Waals surface area contributed by atoms with Gasteiger partial charge in [0.15, 0.2) is 5.96 Å². The van der Waals surface area contributed by atoms with Gasteiger partial charge in [-0.25, -0.2) is 0 Å². The second kappa shape index (κ2) is 13.1. The standard InChI is InChI=1S/C15H25N3OS.HI/c1-3-4-8-11-17-15(16-2)18-12-13-20(19)14-9-6-5-7-10-14;/h5-7,9-10H,3-4,8,11-13H2,1-2H3,(H2,16,17,18);1H. The number of rotatable bonds is 8. The Morgan fingerprint density at radius 2 is 1.81 bits per heavy atom. The fourth-order valence-electron chi connectivity index (χ4n) is 1.75. The highest BCUT2D eigenvalue weighted by molar-refractivity contribution is 14.0. The van der Waals surface area contributed by atoms with Crippen molar-refractivity contribution < 1.29 is 4.21 Å². The summed E-state index contributed by atoms with van der Waals surface area (Å²) in [4.78, 5) is 5.03. The topological polar surface area (TPSA) is 53.5 Å². The van der Waals surface area contributed by atoms with Gasteiger partial charge < -0.3 is 10.6 Å². The largest absolute Gasteiger partial charge is 0.356 e. The van der Waals surface area contributed by atoms with Crippen molar-refractivity contribution in [1.29, 1.82) is 0 Å². The van der Waals surface area contributed by atoms with E-state index in [1.54, 1.807) is 7.05 Å². The molecule has 0 saturated carbocycles. The number of unbranched alkanes of at least 4 members (excludes halogenated alkanes) is 2. The average Bonchev–Trinajstić information content (AvgIpc) is 2.50. The Morgan fingerprint density at radius 1 is 1.14 bits per heavy atom. The zero-order chi connectivity index (χ0) is 14.6. The van der Waals surface area contributed by atoms with Gasteiger partial charge in [-0.1, -0.05) is 38.0 Å². The first-order valence-electron chi connectivity index (χ1n) is 7.16. The first kappa shape index (κ1) is 20.4. The number of hydrogen-bond acceptors (Lipinski definition) is 2. The van der Waals surface area contributed by atoms with E-state index < -0.39 is 10.8 Å². The van der Waals surface area contributed by atoms with Crippen molar-refractivity contribution in [3.63, 3.8) is 0 Å². The second-order valence-electron chi connectivity index (χ2n) is 4.50. The number of nitrogens with one attached hydrogen (secondary N) is 2. The summed E-state index contributed by atoms with van der Waals surface area (Å²) in [5, 5.41) is 6.45. The predicted molar refractivity (Wildman–Crippen MR) is 102 cm³/mol.